The Labute approximate surface area is 218 Å². The van der Waals surface area contributed by atoms with Crippen molar-refractivity contribution in [2.75, 3.05) is 16.3 Å². The smallest absolute Gasteiger partial charge is 0.316 e. The Morgan fingerprint density at radius 2 is 1.69 bits per heavy atom. The molecule has 186 valence electrons. The van der Waals surface area contributed by atoms with Crippen LogP contribution in [-0.4, -0.2) is 30.2 Å². The first-order valence-corrected chi connectivity index (χ1v) is 12.5. The van der Waals surface area contributed by atoms with Crippen LogP contribution in [0.4, 0.5) is 11.4 Å². The first-order valence-electron chi connectivity index (χ1n) is 11.7. The number of benzene rings is 2. The lowest BCUT2D eigenvalue weighted by atomic mass is 9.82. The fourth-order valence-electron chi connectivity index (χ4n) is 5.21. The zero-order valence-corrected chi connectivity index (χ0v) is 21.3. The van der Waals surface area contributed by atoms with Gasteiger partial charge in [-0.3, -0.25) is 19.2 Å². The minimum Gasteiger partial charge on any atom is -0.426 e. The second-order valence-electron chi connectivity index (χ2n) is 9.59. The average molecular weight is 527 g/mol. The van der Waals surface area contributed by atoms with Crippen molar-refractivity contribution in [2.45, 2.75) is 33.1 Å². The van der Waals surface area contributed by atoms with E-state index in [1.807, 2.05) is 13.0 Å². The second kappa shape index (κ2) is 9.37. The molecule has 9 heteroatoms. The van der Waals surface area contributed by atoms with Gasteiger partial charge in [-0.15, -0.1) is 0 Å². The number of carbonyl (C=O) groups excluding carboxylic acids is 4. The molecule has 36 heavy (non-hydrogen) atoms. The van der Waals surface area contributed by atoms with Gasteiger partial charge < -0.3 is 9.64 Å². The first kappa shape index (κ1) is 24.5. The zero-order valence-electron chi connectivity index (χ0n) is 19.8. The summed E-state index contributed by atoms with van der Waals surface area (Å²) in [6.07, 6.45) is 3.19. The van der Waals surface area contributed by atoms with Crippen molar-refractivity contribution in [2.24, 2.45) is 17.8 Å². The molecule has 0 N–H and O–H groups in total. The number of halogens is 2. The molecule has 5 rings (SSSR count). The molecule has 3 amide bonds. The highest BCUT2D eigenvalue weighted by Crippen LogP contribution is 2.41. The third kappa shape index (κ3) is 4.31. The molecule has 0 aromatic heterocycles. The van der Waals surface area contributed by atoms with Crippen LogP contribution >= 0.6 is 23.2 Å². The molecule has 3 aliphatic rings. The van der Waals surface area contributed by atoms with Crippen LogP contribution in [0.2, 0.25) is 10.0 Å². The molecule has 2 aromatic rings. The maximum absolute atomic E-state index is 13.0. The van der Waals surface area contributed by atoms with Gasteiger partial charge in [-0.2, -0.15) is 0 Å². The van der Waals surface area contributed by atoms with Gasteiger partial charge in [0.1, 0.15) is 5.75 Å². The summed E-state index contributed by atoms with van der Waals surface area (Å²) < 4.78 is 5.57. The van der Waals surface area contributed by atoms with Crippen LogP contribution in [-0.2, 0) is 19.2 Å². The number of ether oxygens (including phenoxy) is 1. The molecule has 3 atom stereocenters. The number of allylic oxidation sites excluding steroid dienone is 2. The van der Waals surface area contributed by atoms with Gasteiger partial charge in [0.05, 0.1) is 34.2 Å². The van der Waals surface area contributed by atoms with E-state index in [1.165, 1.54) is 9.80 Å². The molecule has 0 spiro atoms. The summed E-state index contributed by atoms with van der Waals surface area (Å²) >= 11 is 12.3. The number of fused-ring (bicyclic) bond motifs is 1. The van der Waals surface area contributed by atoms with Crippen molar-refractivity contribution in [1.82, 2.24) is 0 Å². The maximum atomic E-state index is 13.0. The Bertz CT molecular complexity index is 1340. The fraction of sp³-hybridized carbons (Fsp3) is 0.333. The van der Waals surface area contributed by atoms with E-state index < -0.39 is 11.9 Å². The van der Waals surface area contributed by atoms with E-state index in [2.05, 4.69) is 0 Å². The Hall–Kier alpha value is -3.16. The van der Waals surface area contributed by atoms with Crippen LogP contribution in [0.25, 0.3) is 0 Å². The van der Waals surface area contributed by atoms with Crippen LogP contribution in [0.1, 0.15) is 31.7 Å². The third-order valence-corrected chi connectivity index (χ3v) is 7.66. The SMILES string of the molecule is CC1=CC[C@@H]2C(=O)N(c3ccc(OC(=O)[C@H]4CC(=O)N(c5cc(Cl)ccc5Cl)C4)cc3C)C(=O)[C@@H]2C1. The second-order valence-corrected chi connectivity index (χ2v) is 10.4. The van der Waals surface area contributed by atoms with Crippen molar-refractivity contribution >= 4 is 58.3 Å². The molecule has 2 saturated heterocycles. The summed E-state index contributed by atoms with van der Waals surface area (Å²) in [7, 11) is 0. The molecular weight excluding hydrogens is 503 g/mol. The zero-order chi connectivity index (χ0) is 25.7. The normalized spacial score (nSPS) is 23.7. The van der Waals surface area contributed by atoms with Crippen LogP contribution in [0, 0.1) is 24.7 Å². The molecule has 0 radical (unpaired) electrons. The van der Waals surface area contributed by atoms with Gasteiger partial charge in [0.2, 0.25) is 17.7 Å². The van der Waals surface area contributed by atoms with Crippen molar-refractivity contribution in [3.8, 4) is 5.75 Å². The van der Waals surface area contributed by atoms with Gasteiger partial charge >= 0.3 is 5.97 Å². The van der Waals surface area contributed by atoms with E-state index in [4.69, 9.17) is 27.9 Å². The third-order valence-electron chi connectivity index (χ3n) is 7.11. The van der Waals surface area contributed by atoms with Crippen molar-refractivity contribution in [1.29, 1.82) is 0 Å². The number of rotatable bonds is 4. The van der Waals surface area contributed by atoms with Crippen LogP contribution in [0.3, 0.4) is 0 Å². The van der Waals surface area contributed by atoms with Crippen LogP contribution < -0.4 is 14.5 Å². The van der Waals surface area contributed by atoms with Gasteiger partial charge in [0, 0.05) is 18.0 Å². The number of anilines is 2. The predicted molar refractivity (Wildman–Crippen MR) is 136 cm³/mol. The van der Waals surface area contributed by atoms with E-state index in [0.29, 0.717) is 39.8 Å². The lowest BCUT2D eigenvalue weighted by Gasteiger charge is -2.19. The Kier molecular flexibility index (Phi) is 6.39. The van der Waals surface area contributed by atoms with Gasteiger partial charge in [0.15, 0.2) is 0 Å². The number of imide groups is 1. The minimum absolute atomic E-state index is 0.00818. The molecule has 2 aliphatic heterocycles. The minimum atomic E-state index is -0.673. The van der Waals surface area contributed by atoms with E-state index in [0.717, 1.165) is 5.57 Å². The summed E-state index contributed by atoms with van der Waals surface area (Å²) in [5, 5.41) is 0.800. The molecule has 2 aromatic carbocycles. The molecule has 7 nitrogen and oxygen atoms in total. The largest absolute Gasteiger partial charge is 0.426 e. The molecule has 0 saturated carbocycles. The summed E-state index contributed by atoms with van der Waals surface area (Å²) in [6.45, 7) is 3.87. The molecule has 2 heterocycles. The monoisotopic (exact) mass is 526 g/mol. The average Bonchev–Trinajstić information content (AvgIpc) is 3.33. The Balaban J connectivity index is 1.29. The number of aryl methyl sites for hydroxylation is 1. The molecule has 0 bridgehead atoms. The molecular formula is C27H24Cl2N2O5. The summed E-state index contributed by atoms with van der Waals surface area (Å²) in [6, 6.07) is 9.64. The van der Waals surface area contributed by atoms with Gasteiger partial charge in [-0.25, -0.2) is 4.90 Å². The first-order chi connectivity index (χ1) is 17.1. The van der Waals surface area contributed by atoms with Gasteiger partial charge in [0.25, 0.3) is 0 Å². The van der Waals surface area contributed by atoms with E-state index in [1.54, 1.807) is 43.3 Å². The topological polar surface area (TPSA) is 84.0 Å². The molecule has 0 unspecified atom stereocenters. The maximum Gasteiger partial charge on any atom is 0.316 e. The van der Waals surface area contributed by atoms with Crippen LogP contribution in [0.5, 0.6) is 5.75 Å². The Morgan fingerprint density at radius 1 is 0.944 bits per heavy atom. The van der Waals surface area contributed by atoms with Crippen molar-refractivity contribution in [3.05, 3.63) is 63.7 Å². The fourth-order valence-corrected chi connectivity index (χ4v) is 5.59. The van der Waals surface area contributed by atoms with E-state index >= 15 is 0 Å². The number of hydrogen-bond donors (Lipinski definition) is 0. The molecule has 1 aliphatic carbocycles. The number of hydrogen-bond acceptors (Lipinski definition) is 5. The highest BCUT2D eigenvalue weighted by Gasteiger charge is 2.49. The lowest BCUT2D eigenvalue weighted by molar-refractivity contribution is -0.139. The Morgan fingerprint density at radius 3 is 2.44 bits per heavy atom. The number of nitrogens with zero attached hydrogens (tertiary/aromatic N) is 2. The van der Waals surface area contributed by atoms with E-state index in [-0.39, 0.29) is 48.3 Å². The van der Waals surface area contributed by atoms with Crippen LogP contribution in [0.15, 0.2) is 48.0 Å². The number of amides is 3. The predicted octanol–water partition coefficient (Wildman–Crippen LogP) is 5.11. The van der Waals surface area contributed by atoms with E-state index in [9.17, 15) is 19.2 Å². The summed E-state index contributed by atoms with van der Waals surface area (Å²) in [4.78, 5) is 54.2. The van der Waals surface area contributed by atoms with Gasteiger partial charge in [-0.1, -0.05) is 34.9 Å². The number of carbonyl (C=O) groups is 4. The highest BCUT2D eigenvalue weighted by molar-refractivity contribution is 6.36. The highest BCUT2D eigenvalue weighted by atomic mass is 35.5. The van der Waals surface area contributed by atoms with Crippen molar-refractivity contribution in [3.63, 3.8) is 0 Å². The standard InChI is InChI=1S/C27H24Cl2N2O5/c1-14-3-6-19-20(9-14)26(34)31(25(19)33)22-8-5-18(10-15(22)2)36-27(35)16-11-24(32)30(13-16)23-12-17(28)4-7-21(23)29/h3-5,7-8,10,12,16,19-20H,6,9,11,13H2,1-2H3/t16-,19-,20+/m0/s1. The molecule has 2 fully saturated rings. The quantitative estimate of drug-likeness (QED) is 0.239. The lowest BCUT2D eigenvalue weighted by Crippen LogP contribution is -2.31. The number of esters is 1. The summed E-state index contributed by atoms with van der Waals surface area (Å²) in [5.41, 5.74) is 2.71. The van der Waals surface area contributed by atoms with Crippen molar-refractivity contribution < 1.29 is 23.9 Å². The van der Waals surface area contributed by atoms with Gasteiger partial charge in [-0.05, 0) is 68.7 Å². The summed E-state index contributed by atoms with van der Waals surface area (Å²) in [5.74, 6) is -2.21.